The van der Waals surface area contributed by atoms with Crippen LogP contribution in [-0.4, -0.2) is 31.6 Å². The lowest BCUT2D eigenvalue weighted by Crippen LogP contribution is -2.13. The summed E-state index contributed by atoms with van der Waals surface area (Å²) in [5.41, 5.74) is 1.25. The molecule has 174 valence electrons. The third-order valence-corrected chi connectivity index (χ3v) is 8.10. The molecule has 4 aromatic carbocycles. The number of nitrogens with zero attached hydrogens (tertiary/aromatic N) is 1. The summed E-state index contributed by atoms with van der Waals surface area (Å²) in [5.74, 6) is 1.03. The van der Waals surface area contributed by atoms with E-state index in [1.54, 1.807) is 61.7 Å². The number of aromatic amines is 1. The summed E-state index contributed by atoms with van der Waals surface area (Å²) in [7, 11) is -0.835. The molecular weight excluding hydrogens is 464 g/mol. The number of hydrogen-bond donors (Lipinski definition) is 1. The number of hydrogen-bond acceptors (Lipinski definition) is 5. The van der Waals surface area contributed by atoms with E-state index >= 15 is 0 Å². The molecule has 2 aromatic heterocycles. The zero-order valence-corrected chi connectivity index (χ0v) is 19.7. The molecule has 0 aliphatic carbocycles. The van der Waals surface area contributed by atoms with Crippen LogP contribution in [0, 0.1) is 0 Å². The van der Waals surface area contributed by atoms with Crippen LogP contribution in [-0.2, 0) is 10.0 Å². The first-order chi connectivity index (χ1) is 16.9. The number of rotatable bonds is 4. The zero-order chi connectivity index (χ0) is 24.3. The SMILES string of the molecule is COc1cc2[nH]c(=O)c3cc4c(cc3c2cc1OC)c1ccccc1n4S(=O)(=O)c1ccccc1. The van der Waals surface area contributed by atoms with Crippen LogP contribution in [0.1, 0.15) is 0 Å². The number of H-pyrrole nitrogens is 1. The molecule has 2 heterocycles. The number of para-hydroxylation sites is 1. The zero-order valence-electron chi connectivity index (χ0n) is 18.9. The summed E-state index contributed by atoms with van der Waals surface area (Å²) in [6, 6.07) is 22.7. The van der Waals surface area contributed by atoms with E-state index in [1.807, 2.05) is 24.3 Å². The molecule has 8 heteroatoms. The van der Waals surface area contributed by atoms with E-state index < -0.39 is 10.0 Å². The highest BCUT2D eigenvalue weighted by molar-refractivity contribution is 7.90. The van der Waals surface area contributed by atoms with E-state index in [2.05, 4.69) is 4.98 Å². The minimum Gasteiger partial charge on any atom is -0.493 e. The first-order valence-corrected chi connectivity index (χ1v) is 12.3. The average Bonchev–Trinajstić information content (AvgIpc) is 3.22. The molecule has 0 fully saturated rings. The van der Waals surface area contributed by atoms with Gasteiger partial charge in [-0.2, -0.15) is 0 Å². The Morgan fingerprint density at radius 3 is 2.11 bits per heavy atom. The summed E-state index contributed by atoms with van der Waals surface area (Å²) >= 11 is 0. The van der Waals surface area contributed by atoms with Gasteiger partial charge in [-0.15, -0.1) is 0 Å². The standard InChI is InChI=1S/C27H20N2O5S/c1-33-25-14-19-18-12-20-17-10-6-7-11-23(17)29(35(31,32)16-8-4-3-5-9-16)24(20)13-21(18)27(30)28-22(19)15-26(25)34-2/h3-15H,1-2H3,(H,28,30). The lowest BCUT2D eigenvalue weighted by Gasteiger charge is -2.12. The van der Waals surface area contributed by atoms with Gasteiger partial charge in [0.25, 0.3) is 15.6 Å². The predicted molar refractivity (Wildman–Crippen MR) is 137 cm³/mol. The van der Waals surface area contributed by atoms with Crippen LogP contribution in [0.25, 0.3) is 43.5 Å². The molecular formula is C27H20N2O5S. The van der Waals surface area contributed by atoms with Crippen molar-refractivity contribution in [2.75, 3.05) is 14.2 Å². The van der Waals surface area contributed by atoms with Crippen molar-refractivity contribution in [3.63, 3.8) is 0 Å². The Balaban J connectivity index is 1.80. The average molecular weight is 485 g/mol. The van der Waals surface area contributed by atoms with Crippen LogP contribution in [0.2, 0.25) is 0 Å². The van der Waals surface area contributed by atoms with Gasteiger partial charge in [-0.3, -0.25) is 4.79 Å². The van der Waals surface area contributed by atoms with Gasteiger partial charge < -0.3 is 14.5 Å². The summed E-state index contributed by atoms with van der Waals surface area (Å²) in [6.07, 6.45) is 0. The Morgan fingerprint density at radius 1 is 0.686 bits per heavy atom. The molecule has 0 saturated carbocycles. The Labute approximate surface area is 200 Å². The van der Waals surface area contributed by atoms with Crippen molar-refractivity contribution < 1.29 is 17.9 Å². The van der Waals surface area contributed by atoms with Gasteiger partial charge in [0.15, 0.2) is 11.5 Å². The van der Waals surface area contributed by atoms with E-state index in [-0.39, 0.29) is 10.5 Å². The Bertz CT molecular complexity index is 1960. The van der Waals surface area contributed by atoms with Crippen LogP contribution >= 0.6 is 0 Å². The van der Waals surface area contributed by atoms with Crippen LogP contribution in [0.5, 0.6) is 11.5 Å². The smallest absolute Gasteiger partial charge is 0.268 e. The van der Waals surface area contributed by atoms with E-state index in [0.717, 1.165) is 16.2 Å². The molecule has 6 rings (SSSR count). The predicted octanol–water partition coefficient (Wildman–Crippen LogP) is 5.04. The number of fused-ring (bicyclic) bond motifs is 6. The van der Waals surface area contributed by atoms with Crippen LogP contribution in [0.4, 0.5) is 0 Å². The number of methoxy groups -OCH3 is 2. The summed E-state index contributed by atoms with van der Waals surface area (Å²) < 4.78 is 39.7. The summed E-state index contributed by atoms with van der Waals surface area (Å²) in [4.78, 5) is 16.2. The van der Waals surface area contributed by atoms with Crippen LogP contribution in [0.15, 0.2) is 88.6 Å². The molecule has 0 amide bonds. The van der Waals surface area contributed by atoms with Crippen molar-refractivity contribution in [3.8, 4) is 11.5 Å². The third-order valence-electron chi connectivity index (χ3n) is 6.36. The van der Waals surface area contributed by atoms with Crippen molar-refractivity contribution in [1.29, 1.82) is 0 Å². The number of nitrogens with one attached hydrogen (secondary N) is 1. The van der Waals surface area contributed by atoms with Crippen molar-refractivity contribution in [2.24, 2.45) is 0 Å². The maximum Gasteiger partial charge on any atom is 0.268 e. The maximum absolute atomic E-state index is 13.8. The van der Waals surface area contributed by atoms with Gasteiger partial charge in [0, 0.05) is 27.6 Å². The number of benzene rings is 4. The van der Waals surface area contributed by atoms with Crippen LogP contribution in [0.3, 0.4) is 0 Å². The van der Waals surface area contributed by atoms with E-state index in [1.165, 1.54) is 11.1 Å². The Kier molecular flexibility index (Phi) is 4.62. The molecule has 0 bridgehead atoms. The topological polar surface area (TPSA) is 90.4 Å². The van der Waals surface area contributed by atoms with Crippen molar-refractivity contribution >= 4 is 53.5 Å². The molecule has 0 saturated heterocycles. The number of ether oxygens (including phenoxy) is 2. The van der Waals surface area contributed by atoms with Gasteiger partial charge in [0.1, 0.15) is 0 Å². The molecule has 0 spiro atoms. The minimum absolute atomic E-state index is 0.173. The lowest BCUT2D eigenvalue weighted by atomic mass is 10.0. The fraction of sp³-hybridized carbons (Fsp3) is 0.0741. The monoisotopic (exact) mass is 484 g/mol. The molecule has 0 radical (unpaired) electrons. The quantitative estimate of drug-likeness (QED) is 0.354. The highest BCUT2D eigenvalue weighted by Gasteiger charge is 2.24. The van der Waals surface area contributed by atoms with Gasteiger partial charge in [-0.1, -0.05) is 36.4 Å². The highest BCUT2D eigenvalue weighted by atomic mass is 32.2. The maximum atomic E-state index is 13.8. The third kappa shape index (κ3) is 3.03. The number of pyridine rings is 1. The van der Waals surface area contributed by atoms with Crippen molar-refractivity contribution in [3.05, 3.63) is 89.2 Å². The fourth-order valence-electron chi connectivity index (χ4n) is 4.74. The van der Waals surface area contributed by atoms with Crippen molar-refractivity contribution in [2.45, 2.75) is 4.90 Å². The molecule has 0 atom stereocenters. The van der Waals surface area contributed by atoms with E-state index in [4.69, 9.17) is 9.47 Å². The Hall–Kier alpha value is -4.30. The summed E-state index contributed by atoms with van der Waals surface area (Å²) in [5, 5.41) is 3.34. The van der Waals surface area contributed by atoms with Gasteiger partial charge in [-0.05, 0) is 41.8 Å². The van der Waals surface area contributed by atoms with E-state index in [9.17, 15) is 13.2 Å². The molecule has 6 aromatic rings. The van der Waals surface area contributed by atoms with Crippen molar-refractivity contribution in [1.82, 2.24) is 8.96 Å². The first-order valence-electron chi connectivity index (χ1n) is 10.9. The number of aromatic nitrogens is 2. The van der Waals surface area contributed by atoms with Gasteiger partial charge in [0.2, 0.25) is 0 Å². The fourth-order valence-corrected chi connectivity index (χ4v) is 6.28. The largest absolute Gasteiger partial charge is 0.493 e. The lowest BCUT2D eigenvalue weighted by molar-refractivity contribution is 0.356. The molecule has 7 nitrogen and oxygen atoms in total. The minimum atomic E-state index is -3.92. The normalized spacial score (nSPS) is 12.1. The molecule has 0 aliphatic heterocycles. The summed E-state index contributed by atoms with van der Waals surface area (Å²) in [6.45, 7) is 0. The van der Waals surface area contributed by atoms with Gasteiger partial charge in [-0.25, -0.2) is 12.4 Å². The second-order valence-corrected chi connectivity index (χ2v) is 10.0. The Morgan fingerprint density at radius 2 is 1.37 bits per heavy atom. The second-order valence-electron chi connectivity index (χ2n) is 8.22. The highest BCUT2D eigenvalue weighted by Crippen LogP contribution is 2.38. The first kappa shape index (κ1) is 21.2. The second kappa shape index (κ2) is 7.61. The van der Waals surface area contributed by atoms with Crippen LogP contribution < -0.4 is 15.0 Å². The molecule has 35 heavy (non-hydrogen) atoms. The molecule has 0 unspecified atom stereocenters. The van der Waals surface area contributed by atoms with Gasteiger partial charge >= 0.3 is 0 Å². The molecule has 0 aliphatic rings. The molecule has 1 N–H and O–H groups in total. The van der Waals surface area contributed by atoms with E-state index in [0.29, 0.717) is 38.8 Å². The van der Waals surface area contributed by atoms with Gasteiger partial charge in [0.05, 0.1) is 35.7 Å².